The molecule has 1 N–H and O–H groups in total. The molecule has 1 aliphatic heterocycles. The highest BCUT2D eigenvalue weighted by Crippen LogP contribution is 2.27. The van der Waals surface area contributed by atoms with Crippen molar-refractivity contribution in [1.82, 2.24) is 5.32 Å². The minimum atomic E-state index is 0.703. The zero-order valence-corrected chi connectivity index (χ0v) is 11.7. The minimum absolute atomic E-state index is 0.703. The van der Waals surface area contributed by atoms with E-state index in [0.29, 0.717) is 5.92 Å². The van der Waals surface area contributed by atoms with Crippen LogP contribution in [0.4, 0.5) is 0 Å². The summed E-state index contributed by atoms with van der Waals surface area (Å²) in [6.07, 6.45) is 1.27. The fraction of sp³-hybridized carbons (Fsp3) is 0.333. The highest BCUT2D eigenvalue weighted by molar-refractivity contribution is 5.65. The normalized spacial score (nSPS) is 18.7. The van der Waals surface area contributed by atoms with E-state index in [-0.39, 0.29) is 0 Å². The van der Waals surface area contributed by atoms with Crippen molar-refractivity contribution in [2.75, 3.05) is 13.1 Å². The zero-order chi connectivity index (χ0) is 13.2. The van der Waals surface area contributed by atoms with Gasteiger partial charge in [0.25, 0.3) is 0 Å². The summed E-state index contributed by atoms with van der Waals surface area (Å²) in [7, 11) is 0. The number of hydrogen-bond donors (Lipinski definition) is 1. The molecule has 0 amide bonds. The van der Waals surface area contributed by atoms with Gasteiger partial charge in [0.05, 0.1) is 0 Å². The predicted octanol–water partition coefficient (Wildman–Crippen LogP) is 4.05. The Kier molecular flexibility index (Phi) is 3.39. The number of nitrogens with one attached hydrogen (secondary N) is 1. The molecule has 0 bridgehead atoms. The summed E-state index contributed by atoms with van der Waals surface area (Å²) in [4.78, 5) is 0. The maximum atomic E-state index is 3.43. The summed E-state index contributed by atoms with van der Waals surface area (Å²) in [5.41, 5.74) is 6.83. The van der Waals surface area contributed by atoms with E-state index in [1.165, 1.54) is 34.2 Å². The SMILES string of the molecule is Cc1ccc(-c2ccc(C3CCNC3)cc2)cc1C. The smallest absolute Gasteiger partial charge is 0.00206 e. The lowest BCUT2D eigenvalue weighted by atomic mass is 9.95. The molecule has 1 nitrogen and oxygen atoms in total. The molecular weight excluding hydrogens is 230 g/mol. The fourth-order valence-electron chi connectivity index (χ4n) is 2.81. The summed E-state index contributed by atoms with van der Waals surface area (Å²) in [5.74, 6) is 0.703. The molecular formula is C18H21N. The molecule has 1 heteroatoms. The molecule has 0 saturated carbocycles. The van der Waals surface area contributed by atoms with Gasteiger partial charge in [-0.3, -0.25) is 0 Å². The largest absolute Gasteiger partial charge is 0.316 e. The van der Waals surface area contributed by atoms with E-state index in [9.17, 15) is 0 Å². The first-order chi connectivity index (χ1) is 9.24. The third kappa shape index (κ3) is 2.57. The fourth-order valence-corrected chi connectivity index (χ4v) is 2.81. The first-order valence-electron chi connectivity index (χ1n) is 7.12. The minimum Gasteiger partial charge on any atom is -0.316 e. The summed E-state index contributed by atoms with van der Waals surface area (Å²) in [6.45, 7) is 6.62. The molecule has 0 spiro atoms. The first-order valence-corrected chi connectivity index (χ1v) is 7.12. The maximum absolute atomic E-state index is 3.43. The van der Waals surface area contributed by atoms with Gasteiger partial charge in [-0.2, -0.15) is 0 Å². The van der Waals surface area contributed by atoms with Crippen LogP contribution in [0.5, 0.6) is 0 Å². The highest BCUT2D eigenvalue weighted by atomic mass is 14.9. The molecule has 1 aliphatic rings. The van der Waals surface area contributed by atoms with Crippen molar-refractivity contribution in [3.8, 4) is 11.1 Å². The first kappa shape index (κ1) is 12.4. The monoisotopic (exact) mass is 251 g/mol. The van der Waals surface area contributed by atoms with Crippen LogP contribution in [-0.2, 0) is 0 Å². The Hall–Kier alpha value is -1.60. The molecule has 2 aromatic carbocycles. The molecule has 1 heterocycles. The van der Waals surface area contributed by atoms with Gasteiger partial charge in [-0.1, -0.05) is 42.5 Å². The van der Waals surface area contributed by atoms with Gasteiger partial charge in [-0.15, -0.1) is 0 Å². The molecule has 98 valence electrons. The standard InChI is InChI=1S/C18H21N/c1-13-3-4-17(11-14(13)2)15-5-7-16(8-6-15)18-9-10-19-12-18/h3-8,11,18-19H,9-10,12H2,1-2H3. The van der Waals surface area contributed by atoms with E-state index >= 15 is 0 Å². The van der Waals surface area contributed by atoms with Gasteiger partial charge in [0.15, 0.2) is 0 Å². The molecule has 1 unspecified atom stereocenters. The predicted molar refractivity (Wildman–Crippen MR) is 81.6 cm³/mol. The van der Waals surface area contributed by atoms with Crippen molar-refractivity contribution in [1.29, 1.82) is 0 Å². The summed E-state index contributed by atoms with van der Waals surface area (Å²) in [6, 6.07) is 15.8. The van der Waals surface area contributed by atoms with Crippen LogP contribution in [0.25, 0.3) is 11.1 Å². The van der Waals surface area contributed by atoms with E-state index < -0.39 is 0 Å². The Bertz CT molecular complexity index is 563. The van der Waals surface area contributed by atoms with Crippen LogP contribution in [0.1, 0.15) is 29.0 Å². The molecule has 3 rings (SSSR count). The molecule has 2 aromatic rings. The Morgan fingerprint density at radius 2 is 1.63 bits per heavy atom. The molecule has 1 saturated heterocycles. The van der Waals surface area contributed by atoms with Crippen molar-refractivity contribution in [3.63, 3.8) is 0 Å². The van der Waals surface area contributed by atoms with Crippen molar-refractivity contribution >= 4 is 0 Å². The molecule has 1 fully saturated rings. The van der Waals surface area contributed by atoms with E-state index in [1.807, 2.05) is 0 Å². The lowest BCUT2D eigenvalue weighted by molar-refractivity contribution is 0.763. The van der Waals surface area contributed by atoms with Crippen molar-refractivity contribution < 1.29 is 0 Å². The summed E-state index contributed by atoms with van der Waals surface area (Å²) < 4.78 is 0. The van der Waals surface area contributed by atoms with Gasteiger partial charge < -0.3 is 5.32 Å². The summed E-state index contributed by atoms with van der Waals surface area (Å²) in [5, 5.41) is 3.43. The van der Waals surface area contributed by atoms with Gasteiger partial charge in [0.2, 0.25) is 0 Å². The van der Waals surface area contributed by atoms with Crippen LogP contribution in [0, 0.1) is 13.8 Å². The van der Waals surface area contributed by atoms with Crippen LogP contribution in [0.15, 0.2) is 42.5 Å². The van der Waals surface area contributed by atoms with Crippen molar-refractivity contribution in [2.45, 2.75) is 26.2 Å². The van der Waals surface area contributed by atoms with E-state index in [1.54, 1.807) is 0 Å². The van der Waals surface area contributed by atoms with Crippen molar-refractivity contribution in [3.05, 3.63) is 59.2 Å². The highest BCUT2D eigenvalue weighted by Gasteiger charge is 2.16. The van der Waals surface area contributed by atoms with E-state index in [2.05, 4.69) is 61.6 Å². The number of benzene rings is 2. The van der Waals surface area contributed by atoms with Crippen molar-refractivity contribution in [2.24, 2.45) is 0 Å². The second kappa shape index (κ2) is 5.18. The zero-order valence-electron chi connectivity index (χ0n) is 11.7. The Morgan fingerprint density at radius 3 is 2.26 bits per heavy atom. The second-order valence-corrected chi connectivity index (χ2v) is 5.61. The topological polar surface area (TPSA) is 12.0 Å². The quantitative estimate of drug-likeness (QED) is 0.849. The Morgan fingerprint density at radius 1 is 0.895 bits per heavy atom. The van der Waals surface area contributed by atoms with Gasteiger partial charge in [0, 0.05) is 6.54 Å². The number of hydrogen-bond acceptors (Lipinski definition) is 1. The van der Waals surface area contributed by atoms with E-state index in [0.717, 1.165) is 13.1 Å². The maximum Gasteiger partial charge on any atom is 0.00206 e. The third-order valence-electron chi connectivity index (χ3n) is 4.28. The Labute approximate surface area is 115 Å². The van der Waals surface area contributed by atoms with Crippen LogP contribution in [0.2, 0.25) is 0 Å². The van der Waals surface area contributed by atoms with E-state index in [4.69, 9.17) is 0 Å². The third-order valence-corrected chi connectivity index (χ3v) is 4.28. The molecule has 19 heavy (non-hydrogen) atoms. The lowest BCUT2D eigenvalue weighted by Gasteiger charge is -2.10. The van der Waals surface area contributed by atoms with Gasteiger partial charge >= 0.3 is 0 Å². The molecule has 0 aromatic heterocycles. The average Bonchev–Trinajstić information content (AvgIpc) is 2.96. The second-order valence-electron chi connectivity index (χ2n) is 5.61. The molecule has 0 aliphatic carbocycles. The van der Waals surface area contributed by atoms with Gasteiger partial charge in [-0.05, 0) is 60.5 Å². The molecule has 1 atom stereocenters. The van der Waals surface area contributed by atoms with Crippen LogP contribution < -0.4 is 5.32 Å². The summed E-state index contributed by atoms with van der Waals surface area (Å²) >= 11 is 0. The van der Waals surface area contributed by atoms with Gasteiger partial charge in [0.1, 0.15) is 0 Å². The lowest BCUT2D eigenvalue weighted by Crippen LogP contribution is -2.07. The van der Waals surface area contributed by atoms with Crippen LogP contribution in [0.3, 0.4) is 0 Å². The molecule has 0 radical (unpaired) electrons. The average molecular weight is 251 g/mol. The van der Waals surface area contributed by atoms with Gasteiger partial charge in [-0.25, -0.2) is 0 Å². The number of rotatable bonds is 2. The van der Waals surface area contributed by atoms with Crippen LogP contribution in [-0.4, -0.2) is 13.1 Å². The van der Waals surface area contributed by atoms with Crippen LogP contribution >= 0.6 is 0 Å². The Balaban J connectivity index is 1.87. The number of aryl methyl sites for hydroxylation is 2.